The minimum Gasteiger partial charge on any atom is -0.497 e. The molecule has 1 amide bonds. The lowest BCUT2D eigenvalue weighted by Crippen LogP contribution is -2.49. The molecule has 0 aromatic heterocycles. The molecule has 0 saturated carbocycles. The second kappa shape index (κ2) is 7.37. The Hall–Kier alpha value is -1.91. The van der Waals surface area contributed by atoms with Crippen LogP contribution in [0.4, 0.5) is 5.69 Å². The molecular weight excluding hydrogens is 366 g/mol. The Morgan fingerprint density at radius 2 is 1.88 bits per heavy atom. The second-order valence-corrected chi connectivity index (χ2v) is 8.32. The van der Waals surface area contributed by atoms with Gasteiger partial charge in [-0.1, -0.05) is 17.7 Å². The summed E-state index contributed by atoms with van der Waals surface area (Å²) in [6.45, 7) is 6.20. The first-order chi connectivity index (χ1) is 12.3. The van der Waals surface area contributed by atoms with Gasteiger partial charge in [-0.3, -0.25) is 4.79 Å². The smallest absolute Gasteiger partial charge is 0.238 e. The van der Waals surface area contributed by atoms with Gasteiger partial charge in [-0.2, -0.15) is 0 Å². The van der Waals surface area contributed by atoms with E-state index in [-0.39, 0.29) is 11.4 Å². The molecule has 0 saturated heterocycles. The predicted octanol–water partition coefficient (Wildman–Crippen LogP) is 5.67. The molecule has 3 rings (SSSR count). The maximum atomic E-state index is 13.1. The number of anilines is 1. The van der Waals surface area contributed by atoms with Crippen molar-refractivity contribution in [3.8, 4) is 5.75 Å². The maximum Gasteiger partial charge on any atom is 0.238 e. The summed E-state index contributed by atoms with van der Waals surface area (Å²) in [5.74, 6) is 1.23. The summed E-state index contributed by atoms with van der Waals surface area (Å²) >= 11 is 7.45. The summed E-state index contributed by atoms with van der Waals surface area (Å²) in [7, 11) is 1.65. The molecule has 5 heteroatoms. The molecule has 0 atom stereocenters. The number of carbonyl (C=O) groups excluding carboxylic acids is 1. The van der Waals surface area contributed by atoms with Crippen LogP contribution in [0.15, 0.2) is 53.4 Å². The van der Waals surface area contributed by atoms with Crippen LogP contribution in [0.2, 0.25) is 5.02 Å². The van der Waals surface area contributed by atoms with Crippen molar-refractivity contribution in [3.63, 3.8) is 0 Å². The molecule has 1 aliphatic heterocycles. The minimum absolute atomic E-state index is 0.0742. The molecule has 0 spiro atoms. The fourth-order valence-electron chi connectivity index (χ4n) is 3.33. The number of halogens is 1. The van der Waals surface area contributed by atoms with Gasteiger partial charge in [0.1, 0.15) is 5.75 Å². The number of hydrogen-bond acceptors (Lipinski definition) is 3. The van der Waals surface area contributed by atoms with Crippen LogP contribution in [0.5, 0.6) is 5.75 Å². The number of nitrogens with zero attached hydrogens (tertiary/aromatic N) is 1. The molecule has 0 fully saturated rings. The molecular formula is C21H22ClNO2S. The van der Waals surface area contributed by atoms with Gasteiger partial charge in [0, 0.05) is 15.5 Å². The van der Waals surface area contributed by atoms with Crippen LogP contribution in [0.3, 0.4) is 0 Å². The van der Waals surface area contributed by atoms with Gasteiger partial charge in [-0.05, 0) is 68.8 Å². The zero-order valence-corrected chi connectivity index (χ0v) is 16.9. The molecule has 2 aromatic carbocycles. The van der Waals surface area contributed by atoms with Crippen molar-refractivity contribution in [1.29, 1.82) is 0 Å². The highest BCUT2D eigenvalue weighted by Crippen LogP contribution is 2.41. The third kappa shape index (κ3) is 3.76. The van der Waals surface area contributed by atoms with Gasteiger partial charge in [-0.25, -0.2) is 0 Å². The van der Waals surface area contributed by atoms with Crippen molar-refractivity contribution in [1.82, 2.24) is 0 Å². The first kappa shape index (κ1) is 18.9. The van der Waals surface area contributed by atoms with Gasteiger partial charge in [-0.15, -0.1) is 11.8 Å². The van der Waals surface area contributed by atoms with Crippen molar-refractivity contribution < 1.29 is 9.53 Å². The molecule has 1 aliphatic rings. The largest absolute Gasteiger partial charge is 0.497 e. The highest BCUT2D eigenvalue weighted by molar-refractivity contribution is 8.00. The van der Waals surface area contributed by atoms with E-state index in [4.69, 9.17) is 16.3 Å². The maximum absolute atomic E-state index is 13.1. The third-order valence-corrected chi connectivity index (χ3v) is 5.69. The Morgan fingerprint density at radius 1 is 1.19 bits per heavy atom. The van der Waals surface area contributed by atoms with Gasteiger partial charge in [0.25, 0.3) is 0 Å². The lowest BCUT2D eigenvalue weighted by Gasteiger charge is -2.41. The number of ether oxygens (including phenoxy) is 1. The molecule has 26 heavy (non-hydrogen) atoms. The molecule has 3 nitrogen and oxygen atoms in total. The van der Waals surface area contributed by atoms with E-state index in [0.717, 1.165) is 27.5 Å². The van der Waals surface area contributed by atoms with Crippen molar-refractivity contribution in [2.75, 3.05) is 17.8 Å². The second-order valence-electron chi connectivity index (χ2n) is 6.84. The van der Waals surface area contributed by atoms with E-state index in [1.807, 2.05) is 47.4 Å². The number of thioether (sulfide) groups is 1. The number of fused-ring (bicyclic) bond motifs is 1. The predicted molar refractivity (Wildman–Crippen MR) is 110 cm³/mol. The monoisotopic (exact) mass is 387 g/mol. The molecule has 0 radical (unpaired) electrons. The van der Waals surface area contributed by atoms with Crippen LogP contribution in [0.1, 0.15) is 26.3 Å². The number of rotatable bonds is 4. The van der Waals surface area contributed by atoms with E-state index >= 15 is 0 Å². The molecule has 136 valence electrons. The summed E-state index contributed by atoms with van der Waals surface area (Å²) < 4.78 is 5.35. The average Bonchev–Trinajstić information content (AvgIpc) is 2.60. The topological polar surface area (TPSA) is 29.5 Å². The van der Waals surface area contributed by atoms with Crippen LogP contribution in [0.25, 0.3) is 5.57 Å². The summed E-state index contributed by atoms with van der Waals surface area (Å²) in [4.78, 5) is 16.0. The standard InChI is InChI=1S/C21H22ClNO2S/c1-14-12-21(2,3)23(19-10-7-16(25-4)11-18(14)19)20(24)13-26-17-8-5-15(22)6-9-17/h5-12H,13H2,1-4H3. The lowest BCUT2D eigenvalue weighted by molar-refractivity contribution is -0.116. The Morgan fingerprint density at radius 3 is 2.54 bits per heavy atom. The summed E-state index contributed by atoms with van der Waals surface area (Å²) in [6.07, 6.45) is 2.14. The Bertz CT molecular complexity index is 859. The first-order valence-electron chi connectivity index (χ1n) is 8.41. The number of hydrogen-bond donors (Lipinski definition) is 0. The SMILES string of the molecule is COc1ccc2c(c1)C(C)=CC(C)(C)N2C(=O)CSc1ccc(Cl)cc1. The average molecular weight is 388 g/mol. The van der Waals surface area contributed by atoms with Crippen molar-refractivity contribution in [3.05, 3.63) is 59.1 Å². The molecule has 0 N–H and O–H groups in total. The van der Waals surface area contributed by atoms with E-state index in [1.165, 1.54) is 11.8 Å². The number of allylic oxidation sites excluding steroid dienone is 1. The molecule has 0 aliphatic carbocycles. The normalized spacial score (nSPS) is 15.3. The van der Waals surface area contributed by atoms with Crippen LogP contribution >= 0.6 is 23.4 Å². The Labute approximate surface area is 164 Å². The summed E-state index contributed by atoms with van der Waals surface area (Å²) in [6, 6.07) is 13.4. The van der Waals surface area contributed by atoms with Crippen LogP contribution in [-0.2, 0) is 4.79 Å². The zero-order chi connectivity index (χ0) is 18.9. The Balaban J connectivity index is 1.88. The third-order valence-electron chi connectivity index (χ3n) is 4.44. The van der Waals surface area contributed by atoms with Gasteiger partial charge >= 0.3 is 0 Å². The summed E-state index contributed by atoms with van der Waals surface area (Å²) in [5, 5.41) is 0.696. The Kier molecular flexibility index (Phi) is 5.35. The van der Waals surface area contributed by atoms with Crippen LogP contribution < -0.4 is 9.64 Å². The summed E-state index contributed by atoms with van der Waals surface area (Å²) in [5.41, 5.74) is 2.73. The zero-order valence-electron chi connectivity index (χ0n) is 15.4. The van der Waals surface area contributed by atoms with Crippen molar-refractivity contribution in [2.24, 2.45) is 0 Å². The van der Waals surface area contributed by atoms with Gasteiger partial charge in [0.2, 0.25) is 5.91 Å². The highest BCUT2D eigenvalue weighted by Gasteiger charge is 2.35. The number of carbonyl (C=O) groups is 1. The molecule has 0 bridgehead atoms. The highest BCUT2D eigenvalue weighted by atomic mass is 35.5. The van der Waals surface area contributed by atoms with Crippen molar-refractivity contribution >= 4 is 40.5 Å². The van der Waals surface area contributed by atoms with E-state index < -0.39 is 0 Å². The van der Waals surface area contributed by atoms with E-state index in [2.05, 4.69) is 26.8 Å². The molecule has 1 heterocycles. The van der Waals surface area contributed by atoms with E-state index in [1.54, 1.807) is 7.11 Å². The van der Waals surface area contributed by atoms with Crippen LogP contribution in [-0.4, -0.2) is 24.3 Å². The lowest BCUT2D eigenvalue weighted by atomic mass is 9.88. The minimum atomic E-state index is -0.386. The molecule has 2 aromatic rings. The number of benzene rings is 2. The number of methoxy groups -OCH3 is 1. The first-order valence-corrected chi connectivity index (χ1v) is 9.77. The van der Waals surface area contributed by atoms with Gasteiger partial charge < -0.3 is 9.64 Å². The van der Waals surface area contributed by atoms with Crippen molar-refractivity contribution in [2.45, 2.75) is 31.2 Å². The van der Waals surface area contributed by atoms with E-state index in [0.29, 0.717) is 10.8 Å². The number of amides is 1. The van der Waals surface area contributed by atoms with Gasteiger partial charge in [0.15, 0.2) is 0 Å². The van der Waals surface area contributed by atoms with E-state index in [9.17, 15) is 4.79 Å². The van der Waals surface area contributed by atoms with Gasteiger partial charge in [0.05, 0.1) is 24.1 Å². The molecule has 0 unspecified atom stereocenters. The van der Waals surface area contributed by atoms with Crippen LogP contribution in [0, 0.1) is 0 Å². The fraction of sp³-hybridized carbons (Fsp3) is 0.286. The quantitative estimate of drug-likeness (QED) is 0.633. The fourth-order valence-corrected chi connectivity index (χ4v) is 4.21.